The van der Waals surface area contributed by atoms with Crippen LogP contribution in [0, 0.1) is 0 Å². The van der Waals surface area contributed by atoms with E-state index in [-0.39, 0.29) is 30.4 Å². The highest BCUT2D eigenvalue weighted by molar-refractivity contribution is 5.76. The van der Waals surface area contributed by atoms with Crippen LogP contribution in [0.3, 0.4) is 0 Å². The van der Waals surface area contributed by atoms with Crippen molar-refractivity contribution in [1.82, 2.24) is 44.0 Å². The summed E-state index contributed by atoms with van der Waals surface area (Å²) in [6.07, 6.45) is -0.794. The zero-order chi connectivity index (χ0) is 28.4. The zero-order valence-electron chi connectivity index (χ0n) is 21.3. The van der Waals surface area contributed by atoms with E-state index in [2.05, 4.69) is 30.0 Å². The van der Waals surface area contributed by atoms with Gasteiger partial charge in [0.15, 0.2) is 12.6 Å². The van der Waals surface area contributed by atoms with Crippen LogP contribution in [0.2, 0.25) is 0 Å². The Labute approximate surface area is 218 Å². The standard InChI is InChI=1S/C22H24F3N9O5/c1-21(2,3)39-19(35)32(4)8-9-37-20(36)38-12-34-16(30-17(31-34)22(23,24)25)14-15(13-10-26-11-28-13)33-7-5-6-27-18(33)29-14/h5-7,10-11H,8-9,12H2,1-4H3,(H,26,28). The second-order valence-corrected chi connectivity index (χ2v) is 9.09. The molecule has 0 aromatic carbocycles. The number of hydrogen-bond donors (Lipinski definition) is 1. The van der Waals surface area contributed by atoms with Gasteiger partial charge in [0.1, 0.15) is 23.6 Å². The number of aromatic nitrogens is 8. The van der Waals surface area contributed by atoms with Gasteiger partial charge in [-0.3, -0.25) is 4.40 Å². The molecule has 4 aromatic heterocycles. The molecule has 0 saturated carbocycles. The molecule has 1 amide bonds. The molecule has 0 atom stereocenters. The monoisotopic (exact) mass is 551 g/mol. The summed E-state index contributed by atoms with van der Waals surface area (Å²) in [7, 11) is 1.45. The van der Waals surface area contributed by atoms with Crippen LogP contribution in [0.25, 0.3) is 28.7 Å². The number of hydrogen-bond acceptors (Lipinski definition) is 10. The Hall–Kier alpha value is -4.70. The number of likely N-dealkylation sites (N-methyl/N-ethyl adjacent to an activating group) is 1. The van der Waals surface area contributed by atoms with Crippen molar-refractivity contribution < 1.29 is 37.0 Å². The lowest BCUT2D eigenvalue weighted by Crippen LogP contribution is -2.36. The van der Waals surface area contributed by atoms with E-state index in [1.165, 1.54) is 35.1 Å². The Kier molecular flexibility index (Phi) is 7.42. The average molecular weight is 551 g/mol. The molecule has 17 heteroatoms. The minimum Gasteiger partial charge on any atom is -0.444 e. The summed E-state index contributed by atoms with van der Waals surface area (Å²) in [5.74, 6) is -1.63. The number of H-pyrrole nitrogens is 1. The normalized spacial score (nSPS) is 12.0. The fraction of sp³-hybridized carbons (Fsp3) is 0.409. The van der Waals surface area contributed by atoms with Crippen LogP contribution in [-0.4, -0.2) is 82.0 Å². The van der Waals surface area contributed by atoms with E-state index >= 15 is 0 Å². The Morgan fingerprint density at radius 1 is 1.15 bits per heavy atom. The van der Waals surface area contributed by atoms with Crippen LogP contribution in [0.1, 0.15) is 26.6 Å². The maximum Gasteiger partial charge on any atom is 0.510 e. The lowest BCUT2D eigenvalue weighted by atomic mass is 10.2. The number of carbonyl (C=O) groups excluding carboxylic acids is 2. The quantitative estimate of drug-likeness (QED) is 0.338. The van der Waals surface area contributed by atoms with E-state index in [0.717, 1.165) is 4.68 Å². The predicted octanol–water partition coefficient (Wildman–Crippen LogP) is 3.37. The van der Waals surface area contributed by atoms with Gasteiger partial charge in [-0.25, -0.2) is 34.2 Å². The van der Waals surface area contributed by atoms with Crippen molar-refractivity contribution in [3.05, 3.63) is 36.8 Å². The molecule has 0 aliphatic carbocycles. The second-order valence-electron chi connectivity index (χ2n) is 9.09. The number of aromatic amines is 1. The summed E-state index contributed by atoms with van der Waals surface area (Å²) < 4.78 is 57.9. The van der Waals surface area contributed by atoms with Gasteiger partial charge in [-0.1, -0.05) is 0 Å². The second kappa shape index (κ2) is 10.6. The average Bonchev–Trinajstić information content (AvgIpc) is 3.58. The van der Waals surface area contributed by atoms with Gasteiger partial charge >= 0.3 is 18.4 Å². The highest BCUT2D eigenvalue weighted by Crippen LogP contribution is 2.33. The Bertz CT molecular complexity index is 1460. The molecule has 4 rings (SSSR count). The van der Waals surface area contributed by atoms with Gasteiger partial charge in [0, 0.05) is 19.4 Å². The van der Waals surface area contributed by atoms with Crippen LogP contribution < -0.4 is 0 Å². The van der Waals surface area contributed by atoms with E-state index in [1.807, 2.05) is 0 Å². The third kappa shape index (κ3) is 6.42. The van der Waals surface area contributed by atoms with Crippen LogP contribution in [0.5, 0.6) is 0 Å². The summed E-state index contributed by atoms with van der Waals surface area (Å²) >= 11 is 0. The van der Waals surface area contributed by atoms with Gasteiger partial charge in [0.25, 0.3) is 5.82 Å². The van der Waals surface area contributed by atoms with E-state index in [0.29, 0.717) is 11.4 Å². The number of rotatable bonds is 7. The van der Waals surface area contributed by atoms with Crippen molar-refractivity contribution in [2.24, 2.45) is 0 Å². The van der Waals surface area contributed by atoms with Crippen LogP contribution in [0.4, 0.5) is 22.8 Å². The van der Waals surface area contributed by atoms with E-state index in [1.54, 1.807) is 33.0 Å². The number of amides is 1. The Morgan fingerprint density at radius 3 is 2.59 bits per heavy atom. The van der Waals surface area contributed by atoms with Crippen molar-refractivity contribution in [2.75, 3.05) is 20.2 Å². The third-order valence-electron chi connectivity index (χ3n) is 4.95. The molecule has 14 nitrogen and oxygen atoms in total. The van der Waals surface area contributed by atoms with Crippen molar-refractivity contribution in [3.8, 4) is 22.9 Å². The van der Waals surface area contributed by atoms with E-state index < -0.39 is 36.6 Å². The number of ether oxygens (including phenoxy) is 3. The third-order valence-corrected chi connectivity index (χ3v) is 4.95. The molecule has 1 N–H and O–H groups in total. The number of nitrogens with one attached hydrogen (secondary N) is 1. The molecule has 4 aromatic rings. The minimum absolute atomic E-state index is 0.0153. The molecule has 0 aliphatic heterocycles. The molecule has 39 heavy (non-hydrogen) atoms. The molecule has 0 spiro atoms. The molecule has 0 saturated heterocycles. The SMILES string of the molecule is CN(CCOC(=O)OCn1nc(C(F)(F)F)nc1-c1nc2ncccn2c1-c1cnc[nH]1)C(=O)OC(C)(C)C. The molecule has 208 valence electrons. The first-order valence-electron chi connectivity index (χ1n) is 11.4. The maximum absolute atomic E-state index is 13.5. The van der Waals surface area contributed by atoms with E-state index in [4.69, 9.17) is 14.2 Å². The summed E-state index contributed by atoms with van der Waals surface area (Å²) in [6, 6.07) is 1.61. The number of imidazole rings is 2. The van der Waals surface area contributed by atoms with Gasteiger partial charge in [-0.05, 0) is 26.8 Å². The van der Waals surface area contributed by atoms with Crippen molar-refractivity contribution in [3.63, 3.8) is 0 Å². The topological polar surface area (TPSA) is 155 Å². The Morgan fingerprint density at radius 2 is 1.92 bits per heavy atom. The fourth-order valence-corrected chi connectivity index (χ4v) is 3.27. The molecule has 0 bridgehead atoms. The molecule has 0 radical (unpaired) electrons. The molecular formula is C22H24F3N9O5. The van der Waals surface area contributed by atoms with Gasteiger partial charge in [0.2, 0.25) is 5.78 Å². The van der Waals surface area contributed by atoms with Crippen molar-refractivity contribution >= 4 is 18.0 Å². The van der Waals surface area contributed by atoms with Crippen LogP contribution >= 0.6 is 0 Å². The number of halogens is 3. The molecular weight excluding hydrogens is 527 g/mol. The predicted molar refractivity (Wildman–Crippen MR) is 126 cm³/mol. The van der Waals surface area contributed by atoms with E-state index in [9.17, 15) is 22.8 Å². The summed E-state index contributed by atoms with van der Waals surface area (Å²) in [4.78, 5) is 44.2. The first-order chi connectivity index (χ1) is 18.3. The highest BCUT2D eigenvalue weighted by atomic mass is 19.4. The summed E-state index contributed by atoms with van der Waals surface area (Å²) in [6.45, 7) is 4.07. The van der Waals surface area contributed by atoms with Gasteiger partial charge < -0.3 is 24.1 Å². The largest absolute Gasteiger partial charge is 0.510 e. The van der Waals surface area contributed by atoms with Crippen LogP contribution in [0.15, 0.2) is 31.0 Å². The van der Waals surface area contributed by atoms with Crippen LogP contribution in [-0.2, 0) is 27.1 Å². The van der Waals surface area contributed by atoms with Gasteiger partial charge in [-0.2, -0.15) is 13.2 Å². The number of carbonyl (C=O) groups is 2. The first kappa shape index (κ1) is 27.3. The molecule has 0 fully saturated rings. The maximum atomic E-state index is 13.5. The lowest BCUT2D eigenvalue weighted by molar-refractivity contribution is -0.145. The smallest absolute Gasteiger partial charge is 0.444 e. The lowest BCUT2D eigenvalue weighted by Gasteiger charge is -2.24. The molecule has 0 unspecified atom stereocenters. The number of nitrogens with zero attached hydrogens (tertiary/aromatic N) is 8. The zero-order valence-corrected chi connectivity index (χ0v) is 21.3. The number of fused-ring (bicyclic) bond motifs is 1. The van der Waals surface area contributed by atoms with Crippen molar-refractivity contribution in [2.45, 2.75) is 39.3 Å². The summed E-state index contributed by atoms with van der Waals surface area (Å²) in [5.41, 5.74) is 0.00936. The number of alkyl halides is 3. The Balaban J connectivity index is 1.53. The summed E-state index contributed by atoms with van der Waals surface area (Å²) in [5, 5.41) is 3.47. The minimum atomic E-state index is -4.89. The highest BCUT2D eigenvalue weighted by Gasteiger charge is 2.38. The fourth-order valence-electron chi connectivity index (χ4n) is 3.27. The molecule has 0 aliphatic rings. The molecule has 4 heterocycles. The van der Waals surface area contributed by atoms with Crippen molar-refractivity contribution in [1.29, 1.82) is 0 Å². The van der Waals surface area contributed by atoms with Gasteiger partial charge in [0.05, 0.1) is 24.8 Å². The van der Waals surface area contributed by atoms with Gasteiger partial charge in [-0.15, -0.1) is 5.10 Å². The first-order valence-corrected chi connectivity index (χ1v) is 11.4.